The molecule has 7 nitrogen and oxygen atoms in total. The molecule has 1 saturated heterocycles. The molecule has 1 aliphatic heterocycles. The number of carboxylic acids is 1. The van der Waals surface area contributed by atoms with E-state index in [4.69, 9.17) is 5.11 Å². The SMILES string of the molecule is CC(NC(=O)N1CC(C(C)C(=O)O)C1)C(=O)NC(C)(C)C. The van der Waals surface area contributed by atoms with Crippen LogP contribution in [0.2, 0.25) is 0 Å². The molecule has 1 aliphatic rings. The Morgan fingerprint density at radius 1 is 1.19 bits per heavy atom. The van der Waals surface area contributed by atoms with Gasteiger partial charge in [0.25, 0.3) is 0 Å². The van der Waals surface area contributed by atoms with Gasteiger partial charge in [0.1, 0.15) is 6.04 Å². The summed E-state index contributed by atoms with van der Waals surface area (Å²) in [5, 5.41) is 14.3. The zero-order chi connectivity index (χ0) is 16.4. The number of amides is 3. The topological polar surface area (TPSA) is 98.7 Å². The van der Waals surface area contributed by atoms with E-state index in [1.165, 1.54) is 4.90 Å². The van der Waals surface area contributed by atoms with Gasteiger partial charge in [0, 0.05) is 24.5 Å². The molecular formula is C14H25N3O4. The maximum Gasteiger partial charge on any atom is 0.318 e. The minimum Gasteiger partial charge on any atom is -0.481 e. The minimum atomic E-state index is -0.849. The van der Waals surface area contributed by atoms with Crippen molar-refractivity contribution in [3.63, 3.8) is 0 Å². The molecule has 0 bridgehead atoms. The zero-order valence-electron chi connectivity index (χ0n) is 13.3. The van der Waals surface area contributed by atoms with Crippen LogP contribution in [0.4, 0.5) is 4.79 Å². The molecule has 2 unspecified atom stereocenters. The van der Waals surface area contributed by atoms with Crippen LogP contribution in [0.5, 0.6) is 0 Å². The van der Waals surface area contributed by atoms with Crippen molar-refractivity contribution in [2.45, 2.75) is 46.2 Å². The number of hydrogen-bond donors (Lipinski definition) is 3. The smallest absolute Gasteiger partial charge is 0.318 e. The molecule has 7 heteroatoms. The monoisotopic (exact) mass is 299 g/mol. The number of carbonyl (C=O) groups excluding carboxylic acids is 2. The van der Waals surface area contributed by atoms with E-state index in [9.17, 15) is 14.4 Å². The molecule has 2 atom stereocenters. The lowest BCUT2D eigenvalue weighted by atomic mass is 9.87. The lowest BCUT2D eigenvalue weighted by Gasteiger charge is -2.41. The third kappa shape index (κ3) is 4.91. The van der Waals surface area contributed by atoms with Gasteiger partial charge in [0.15, 0.2) is 0 Å². The van der Waals surface area contributed by atoms with Gasteiger partial charge in [-0.2, -0.15) is 0 Å². The fourth-order valence-electron chi connectivity index (χ4n) is 2.02. The highest BCUT2D eigenvalue weighted by Crippen LogP contribution is 2.23. The van der Waals surface area contributed by atoms with Gasteiger partial charge in [-0.15, -0.1) is 0 Å². The lowest BCUT2D eigenvalue weighted by Crippen LogP contribution is -2.59. The van der Waals surface area contributed by atoms with E-state index in [2.05, 4.69) is 10.6 Å². The normalized spacial score (nSPS) is 18.4. The molecule has 3 amide bonds. The van der Waals surface area contributed by atoms with Crippen LogP contribution in [-0.2, 0) is 9.59 Å². The van der Waals surface area contributed by atoms with E-state index >= 15 is 0 Å². The fourth-order valence-corrected chi connectivity index (χ4v) is 2.02. The highest BCUT2D eigenvalue weighted by atomic mass is 16.4. The van der Waals surface area contributed by atoms with E-state index < -0.39 is 17.9 Å². The number of carbonyl (C=O) groups is 3. The summed E-state index contributed by atoms with van der Waals surface area (Å²) in [4.78, 5) is 36.2. The summed E-state index contributed by atoms with van der Waals surface area (Å²) in [5.41, 5.74) is -0.352. The van der Waals surface area contributed by atoms with Gasteiger partial charge in [0.2, 0.25) is 5.91 Å². The number of hydrogen-bond acceptors (Lipinski definition) is 3. The van der Waals surface area contributed by atoms with Gasteiger partial charge < -0.3 is 20.6 Å². The molecule has 1 fully saturated rings. The van der Waals surface area contributed by atoms with Crippen LogP contribution in [-0.4, -0.2) is 52.6 Å². The standard InChI is InChI=1S/C14H25N3O4/c1-8(12(19)20)10-6-17(7-10)13(21)15-9(2)11(18)16-14(3,4)5/h8-10H,6-7H2,1-5H3,(H,15,21)(H,16,18)(H,19,20). The first kappa shape index (κ1) is 17.3. The predicted molar refractivity (Wildman–Crippen MR) is 77.8 cm³/mol. The van der Waals surface area contributed by atoms with Crippen molar-refractivity contribution in [1.82, 2.24) is 15.5 Å². The molecule has 0 aromatic carbocycles. The Bertz CT molecular complexity index is 424. The van der Waals surface area contributed by atoms with Gasteiger partial charge in [-0.25, -0.2) is 4.79 Å². The quantitative estimate of drug-likeness (QED) is 0.710. The number of nitrogens with one attached hydrogen (secondary N) is 2. The molecule has 0 spiro atoms. The van der Waals surface area contributed by atoms with E-state index in [-0.39, 0.29) is 23.4 Å². The number of urea groups is 1. The molecule has 0 saturated carbocycles. The third-order valence-corrected chi connectivity index (χ3v) is 3.53. The van der Waals surface area contributed by atoms with Crippen molar-refractivity contribution >= 4 is 17.9 Å². The highest BCUT2D eigenvalue weighted by molar-refractivity contribution is 5.87. The summed E-state index contributed by atoms with van der Waals surface area (Å²) in [6.45, 7) is 9.68. The minimum absolute atomic E-state index is 0.0213. The van der Waals surface area contributed by atoms with Crippen LogP contribution in [0.25, 0.3) is 0 Å². The Kier molecular flexibility index (Phi) is 5.20. The number of aliphatic carboxylic acids is 1. The summed E-state index contributed by atoms with van der Waals surface area (Å²) >= 11 is 0. The van der Waals surface area contributed by atoms with Crippen LogP contribution in [0.1, 0.15) is 34.6 Å². The fraction of sp³-hybridized carbons (Fsp3) is 0.786. The molecule has 0 aromatic heterocycles. The Hall–Kier alpha value is -1.79. The predicted octanol–water partition coefficient (Wildman–Crippen LogP) is 0.652. The summed E-state index contributed by atoms with van der Waals surface area (Å²) in [6, 6.07) is -0.965. The molecular weight excluding hydrogens is 274 g/mol. The Labute approximate surface area is 125 Å². The second kappa shape index (κ2) is 6.32. The van der Waals surface area contributed by atoms with E-state index in [1.807, 2.05) is 20.8 Å². The van der Waals surface area contributed by atoms with Gasteiger partial charge in [-0.1, -0.05) is 6.92 Å². The number of nitrogens with zero attached hydrogens (tertiary/aromatic N) is 1. The van der Waals surface area contributed by atoms with E-state index in [0.29, 0.717) is 13.1 Å². The average molecular weight is 299 g/mol. The molecule has 0 aromatic rings. The van der Waals surface area contributed by atoms with Crippen LogP contribution >= 0.6 is 0 Å². The molecule has 0 aliphatic carbocycles. The zero-order valence-corrected chi connectivity index (χ0v) is 13.3. The second-order valence-electron chi connectivity index (χ2n) is 6.70. The Balaban J connectivity index is 2.39. The lowest BCUT2D eigenvalue weighted by molar-refractivity contribution is -0.144. The summed E-state index contributed by atoms with van der Waals surface area (Å²) in [7, 11) is 0. The summed E-state index contributed by atoms with van der Waals surface area (Å²) in [6.07, 6.45) is 0. The number of likely N-dealkylation sites (tertiary alicyclic amines) is 1. The second-order valence-corrected chi connectivity index (χ2v) is 6.70. The van der Waals surface area contributed by atoms with Crippen molar-refractivity contribution in [2.75, 3.05) is 13.1 Å². The largest absolute Gasteiger partial charge is 0.481 e. The maximum atomic E-state index is 11.9. The molecule has 1 rings (SSSR count). The first-order valence-electron chi connectivity index (χ1n) is 7.11. The van der Waals surface area contributed by atoms with Crippen molar-refractivity contribution in [3.8, 4) is 0 Å². The first-order chi connectivity index (χ1) is 9.51. The van der Waals surface area contributed by atoms with Gasteiger partial charge in [0.05, 0.1) is 5.92 Å². The van der Waals surface area contributed by atoms with Crippen LogP contribution in [0.3, 0.4) is 0 Å². The number of rotatable bonds is 4. The van der Waals surface area contributed by atoms with Crippen molar-refractivity contribution in [3.05, 3.63) is 0 Å². The molecule has 3 N–H and O–H groups in total. The Morgan fingerprint density at radius 2 is 1.71 bits per heavy atom. The molecule has 120 valence electrons. The molecule has 21 heavy (non-hydrogen) atoms. The maximum absolute atomic E-state index is 11.9. The van der Waals surface area contributed by atoms with Crippen molar-refractivity contribution in [1.29, 1.82) is 0 Å². The van der Waals surface area contributed by atoms with E-state index in [1.54, 1.807) is 13.8 Å². The van der Waals surface area contributed by atoms with Crippen LogP contribution in [0, 0.1) is 11.8 Å². The van der Waals surface area contributed by atoms with Gasteiger partial charge >= 0.3 is 12.0 Å². The molecule has 1 heterocycles. The third-order valence-electron chi connectivity index (χ3n) is 3.53. The number of carboxylic acid groups (broad SMARTS) is 1. The summed E-state index contributed by atoms with van der Waals surface area (Å²) < 4.78 is 0. The Morgan fingerprint density at radius 3 is 2.14 bits per heavy atom. The average Bonchev–Trinajstić information content (AvgIpc) is 2.23. The first-order valence-corrected chi connectivity index (χ1v) is 7.11. The molecule has 0 radical (unpaired) electrons. The van der Waals surface area contributed by atoms with Crippen LogP contribution < -0.4 is 10.6 Å². The van der Waals surface area contributed by atoms with Gasteiger partial charge in [-0.3, -0.25) is 9.59 Å². The van der Waals surface area contributed by atoms with Crippen molar-refractivity contribution < 1.29 is 19.5 Å². The van der Waals surface area contributed by atoms with E-state index in [0.717, 1.165) is 0 Å². The van der Waals surface area contributed by atoms with Gasteiger partial charge in [-0.05, 0) is 27.7 Å². The summed E-state index contributed by atoms with van der Waals surface area (Å²) in [5.74, 6) is -1.58. The van der Waals surface area contributed by atoms with Crippen molar-refractivity contribution in [2.24, 2.45) is 11.8 Å². The van der Waals surface area contributed by atoms with Crippen LogP contribution in [0.15, 0.2) is 0 Å². The highest BCUT2D eigenvalue weighted by Gasteiger charge is 2.37.